The van der Waals surface area contributed by atoms with Crippen LogP contribution in [-0.2, 0) is 0 Å². The van der Waals surface area contributed by atoms with Crippen molar-refractivity contribution in [1.29, 1.82) is 0 Å². The molecule has 2 aromatic carbocycles. The molecule has 0 spiro atoms. The fraction of sp³-hybridized carbons (Fsp3) is 0.211. The van der Waals surface area contributed by atoms with E-state index in [1.165, 1.54) is 6.07 Å². The maximum absolute atomic E-state index is 14.0. The third-order valence-electron chi connectivity index (χ3n) is 4.45. The van der Waals surface area contributed by atoms with Crippen molar-refractivity contribution in [2.45, 2.75) is 12.5 Å². The van der Waals surface area contributed by atoms with Gasteiger partial charge in [0.25, 0.3) is 5.91 Å². The number of carbonyl (C=O) groups excluding carboxylic acids is 1. The number of hydrogen-bond donors (Lipinski definition) is 3. The van der Waals surface area contributed by atoms with Crippen molar-refractivity contribution in [1.82, 2.24) is 15.6 Å². The van der Waals surface area contributed by atoms with Crippen LogP contribution in [0.4, 0.5) is 4.39 Å². The summed E-state index contributed by atoms with van der Waals surface area (Å²) in [6.07, 6.45) is 0.948. The first kappa shape index (κ1) is 14.9. The number of rotatable bonds is 3. The number of benzene rings is 2. The summed E-state index contributed by atoms with van der Waals surface area (Å²) in [5.74, 6) is -0.359. The fourth-order valence-corrected chi connectivity index (χ4v) is 3.15. The second-order valence-electron chi connectivity index (χ2n) is 6.13. The van der Waals surface area contributed by atoms with E-state index in [1.807, 2.05) is 30.3 Å². The van der Waals surface area contributed by atoms with Crippen molar-refractivity contribution in [3.8, 4) is 11.1 Å². The molecule has 1 unspecified atom stereocenters. The highest BCUT2D eigenvalue weighted by Crippen LogP contribution is 2.26. The van der Waals surface area contributed by atoms with Gasteiger partial charge in [-0.05, 0) is 36.7 Å². The van der Waals surface area contributed by atoms with Crippen LogP contribution >= 0.6 is 0 Å². The Labute approximate surface area is 139 Å². The van der Waals surface area contributed by atoms with Crippen LogP contribution in [-0.4, -0.2) is 30.0 Å². The van der Waals surface area contributed by atoms with E-state index >= 15 is 0 Å². The third-order valence-corrected chi connectivity index (χ3v) is 4.45. The molecule has 4 rings (SSSR count). The van der Waals surface area contributed by atoms with Crippen molar-refractivity contribution in [2.75, 3.05) is 13.1 Å². The highest BCUT2D eigenvalue weighted by molar-refractivity contribution is 5.99. The molecule has 3 N–H and O–H groups in total. The standard InChI is InChI=1S/C19H18FN3O/c20-16-4-2-1-3-15(16)12-5-6-13-10-18(23-17(13)9-12)19(24)22-14-7-8-21-11-14/h1-6,9-10,14,21,23H,7-8,11H2,(H,22,24). The summed E-state index contributed by atoms with van der Waals surface area (Å²) in [7, 11) is 0. The number of halogens is 1. The molecule has 4 nitrogen and oxygen atoms in total. The lowest BCUT2D eigenvalue weighted by Gasteiger charge is -2.09. The quantitative estimate of drug-likeness (QED) is 0.694. The van der Waals surface area contributed by atoms with Crippen molar-refractivity contribution < 1.29 is 9.18 Å². The second kappa shape index (κ2) is 6.09. The van der Waals surface area contributed by atoms with Gasteiger partial charge in [0.05, 0.1) is 0 Å². The van der Waals surface area contributed by atoms with Gasteiger partial charge in [0.15, 0.2) is 0 Å². The van der Waals surface area contributed by atoms with Crippen molar-refractivity contribution in [3.63, 3.8) is 0 Å². The number of aromatic amines is 1. The van der Waals surface area contributed by atoms with E-state index in [0.717, 1.165) is 36.0 Å². The molecule has 1 saturated heterocycles. The number of amides is 1. The van der Waals surface area contributed by atoms with Crippen LogP contribution < -0.4 is 10.6 Å². The number of fused-ring (bicyclic) bond motifs is 1. The van der Waals surface area contributed by atoms with E-state index in [9.17, 15) is 9.18 Å². The highest BCUT2D eigenvalue weighted by atomic mass is 19.1. The summed E-state index contributed by atoms with van der Waals surface area (Å²) in [5, 5.41) is 7.18. The van der Waals surface area contributed by atoms with Crippen LogP contribution in [0.2, 0.25) is 0 Å². The maximum Gasteiger partial charge on any atom is 0.267 e. The largest absolute Gasteiger partial charge is 0.351 e. The van der Waals surface area contributed by atoms with Crippen LogP contribution in [0, 0.1) is 5.82 Å². The van der Waals surface area contributed by atoms with Gasteiger partial charge < -0.3 is 15.6 Å². The monoisotopic (exact) mass is 323 g/mol. The first-order chi connectivity index (χ1) is 11.7. The van der Waals surface area contributed by atoms with E-state index in [4.69, 9.17) is 0 Å². The first-order valence-corrected chi connectivity index (χ1v) is 8.10. The lowest BCUT2D eigenvalue weighted by atomic mass is 10.0. The van der Waals surface area contributed by atoms with Gasteiger partial charge in [-0.3, -0.25) is 4.79 Å². The summed E-state index contributed by atoms with van der Waals surface area (Å²) in [4.78, 5) is 15.5. The van der Waals surface area contributed by atoms with E-state index in [0.29, 0.717) is 11.3 Å². The fourth-order valence-electron chi connectivity index (χ4n) is 3.15. The van der Waals surface area contributed by atoms with Gasteiger partial charge in [0, 0.05) is 29.1 Å². The first-order valence-electron chi connectivity index (χ1n) is 8.10. The molecular weight excluding hydrogens is 305 g/mol. The van der Waals surface area contributed by atoms with Gasteiger partial charge in [-0.15, -0.1) is 0 Å². The number of nitrogens with one attached hydrogen (secondary N) is 3. The molecule has 122 valence electrons. The average molecular weight is 323 g/mol. The third kappa shape index (κ3) is 2.78. The van der Waals surface area contributed by atoms with Gasteiger partial charge in [0.1, 0.15) is 11.5 Å². The number of hydrogen-bond acceptors (Lipinski definition) is 2. The summed E-state index contributed by atoms with van der Waals surface area (Å²) in [6.45, 7) is 1.74. The van der Waals surface area contributed by atoms with Gasteiger partial charge in [-0.25, -0.2) is 4.39 Å². The van der Waals surface area contributed by atoms with Crippen LogP contribution in [0.1, 0.15) is 16.9 Å². The highest BCUT2D eigenvalue weighted by Gasteiger charge is 2.18. The molecule has 0 saturated carbocycles. The Morgan fingerprint density at radius 3 is 2.83 bits per heavy atom. The van der Waals surface area contributed by atoms with Crippen LogP contribution in [0.15, 0.2) is 48.5 Å². The van der Waals surface area contributed by atoms with Crippen molar-refractivity contribution >= 4 is 16.8 Å². The SMILES string of the molecule is O=C(NC1CCNC1)c1cc2ccc(-c3ccccc3F)cc2[nH]1. The molecule has 1 aliphatic rings. The Morgan fingerprint density at radius 2 is 2.04 bits per heavy atom. The van der Waals surface area contributed by atoms with Crippen molar-refractivity contribution in [2.24, 2.45) is 0 Å². The second-order valence-corrected chi connectivity index (χ2v) is 6.13. The molecule has 24 heavy (non-hydrogen) atoms. The predicted molar refractivity (Wildman–Crippen MR) is 92.4 cm³/mol. The van der Waals surface area contributed by atoms with Crippen LogP contribution in [0.3, 0.4) is 0 Å². The van der Waals surface area contributed by atoms with Crippen molar-refractivity contribution in [3.05, 3.63) is 60.0 Å². The van der Waals surface area contributed by atoms with E-state index in [2.05, 4.69) is 15.6 Å². The van der Waals surface area contributed by atoms with Crippen LogP contribution in [0.25, 0.3) is 22.0 Å². The average Bonchev–Trinajstić information content (AvgIpc) is 3.23. The number of aromatic nitrogens is 1. The molecule has 0 bridgehead atoms. The molecule has 1 atom stereocenters. The van der Waals surface area contributed by atoms with Gasteiger partial charge in [-0.1, -0.05) is 30.3 Å². The zero-order valence-electron chi connectivity index (χ0n) is 13.1. The Balaban J connectivity index is 1.63. The summed E-state index contributed by atoms with van der Waals surface area (Å²) in [5.41, 5.74) is 2.69. The molecule has 0 aliphatic carbocycles. The van der Waals surface area contributed by atoms with E-state index in [-0.39, 0.29) is 17.8 Å². The van der Waals surface area contributed by atoms with Gasteiger partial charge in [-0.2, -0.15) is 0 Å². The predicted octanol–water partition coefficient (Wildman–Crippen LogP) is 3.07. The minimum atomic E-state index is -0.255. The maximum atomic E-state index is 14.0. The minimum absolute atomic E-state index is 0.104. The van der Waals surface area contributed by atoms with Crippen LogP contribution in [0.5, 0.6) is 0 Å². The Bertz CT molecular complexity index is 897. The van der Waals surface area contributed by atoms with Gasteiger partial charge in [0.2, 0.25) is 0 Å². The Hall–Kier alpha value is -2.66. The molecule has 0 radical (unpaired) electrons. The molecule has 1 amide bonds. The summed E-state index contributed by atoms with van der Waals surface area (Å²) < 4.78 is 14.0. The molecule has 1 aromatic heterocycles. The molecular formula is C19H18FN3O. The lowest BCUT2D eigenvalue weighted by Crippen LogP contribution is -2.36. The zero-order valence-corrected chi connectivity index (χ0v) is 13.1. The van der Waals surface area contributed by atoms with Gasteiger partial charge >= 0.3 is 0 Å². The smallest absolute Gasteiger partial charge is 0.267 e. The lowest BCUT2D eigenvalue weighted by molar-refractivity contribution is 0.0936. The number of carbonyl (C=O) groups is 1. The molecule has 2 heterocycles. The normalized spacial score (nSPS) is 17.3. The summed E-state index contributed by atoms with van der Waals surface area (Å²) in [6, 6.07) is 14.3. The number of H-pyrrole nitrogens is 1. The minimum Gasteiger partial charge on any atom is -0.351 e. The van der Waals surface area contributed by atoms with E-state index < -0.39 is 0 Å². The topological polar surface area (TPSA) is 56.9 Å². The summed E-state index contributed by atoms with van der Waals surface area (Å²) >= 11 is 0. The molecule has 1 aliphatic heterocycles. The Morgan fingerprint density at radius 1 is 1.17 bits per heavy atom. The van der Waals surface area contributed by atoms with E-state index in [1.54, 1.807) is 12.1 Å². The Kier molecular flexibility index (Phi) is 3.78. The zero-order chi connectivity index (χ0) is 16.5. The molecule has 5 heteroatoms. The molecule has 3 aromatic rings. The molecule has 1 fully saturated rings.